The molecular formula is C14H21N5. The number of hydrogen-bond donors (Lipinski definition) is 1. The molecule has 2 aromatic heterocycles. The van der Waals surface area contributed by atoms with E-state index in [0.29, 0.717) is 0 Å². The number of aromatic nitrogens is 4. The normalized spacial score (nSPS) is 10.9. The van der Waals surface area contributed by atoms with Crippen molar-refractivity contribution >= 4 is 0 Å². The first-order valence-corrected chi connectivity index (χ1v) is 6.59. The lowest BCUT2D eigenvalue weighted by molar-refractivity contribution is 0.715. The van der Waals surface area contributed by atoms with Crippen LogP contribution in [0.1, 0.15) is 23.4 Å². The monoisotopic (exact) mass is 259 g/mol. The van der Waals surface area contributed by atoms with E-state index in [4.69, 9.17) is 0 Å². The molecule has 0 fully saturated rings. The molecule has 5 heteroatoms. The fourth-order valence-electron chi connectivity index (χ4n) is 2.23. The van der Waals surface area contributed by atoms with Crippen LogP contribution in [-0.4, -0.2) is 33.1 Å². The van der Waals surface area contributed by atoms with Gasteiger partial charge in [0.05, 0.1) is 12.5 Å². The maximum atomic E-state index is 4.62. The van der Waals surface area contributed by atoms with Crippen LogP contribution in [0.4, 0.5) is 0 Å². The number of aryl methyl sites for hydroxylation is 3. The Morgan fingerprint density at radius 2 is 1.89 bits per heavy atom. The fourth-order valence-corrected chi connectivity index (χ4v) is 2.23. The molecule has 0 unspecified atom stereocenters. The SMILES string of the molecule is CNCCCc1c(C)nc(-c2cncn2C)nc1C. The minimum Gasteiger partial charge on any atom is -0.331 e. The van der Waals surface area contributed by atoms with Gasteiger partial charge in [-0.2, -0.15) is 0 Å². The molecule has 102 valence electrons. The Labute approximate surface area is 114 Å². The van der Waals surface area contributed by atoms with Crippen LogP contribution in [0.15, 0.2) is 12.5 Å². The Bertz CT molecular complexity index is 536. The molecule has 2 rings (SSSR count). The quantitative estimate of drug-likeness (QED) is 0.829. The molecule has 0 spiro atoms. The Balaban J connectivity index is 2.29. The fraction of sp³-hybridized carbons (Fsp3) is 0.500. The standard InChI is InChI=1S/C14H21N5/c1-10-12(6-5-7-15-3)11(2)18-14(17-10)13-8-16-9-19(13)4/h8-9,15H,5-7H2,1-4H3. The van der Waals surface area contributed by atoms with Crippen LogP contribution in [-0.2, 0) is 13.5 Å². The molecule has 2 aromatic rings. The third-order valence-corrected chi connectivity index (χ3v) is 3.32. The Morgan fingerprint density at radius 1 is 1.21 bits per heavy atom. The first-order valence-electron chi connectivity index (χ1n) is 6.59. The van der Waals surface area contributed by atoms with Gasteiger partial charge in [-0.15, -0.1) is 0 Å². The first kappa shape index (κ1) is 13.7. The zero-order chi connectivity index (χ0) is 13.8. The summed E-state index contributed by atoms with van der Waals surface area (Å²) < 4.78 is 1.94. The van der Waals surface area contributed by atoms with Gasteiger partial charge in [0.2, 0.25) is 0 Å². The topological polar surface area (TPSA) is 55.6 Å². The Kier molecular flexibility index (Phi) is 4.27. The summed E-state index contributed by atoms with van der Waals surface area (Å²) in [6.07, 6.45) is 5.69. The minimum atomic E-state index is 0.757. The number of nitrogens with zero attached hydrogens (tertiary/aromatic N) is 4. The van der Waals surface area contributed by atoms with Crippen LogP contribution in [0.5, 0.6) is 0 Å². The van der Waals surface area contributed by atoms with Crippen molar-refractivity contribution in [3.05, 3.63) is 29.5 Å². The number of imidazole rings is 1. The molecule has 0 aliphatic rings. The van der Waals surface area contributed by atoms with Crippen molar-refractivity contribution in [1.82, 2.24) is 24.8 Å². The van der Waals surface area contributed by atoms with E-state index < -0.39 is 0 Å². The molecular weight excluding hydrogens is 238 g/mol. The first-order chi connectivity index (χ1) is 9.13. The molecule has 0 radical (unpaired) electrons. The summed E-state index contributed by atoms with van der Waals surface area (Å²) in [4.78, 5) is 13.4. The summed E-state index contributed by atoms with van der Waals surface area (Å²) in [5.41, 5.74) is 4.36. The number of nitrogens with one attached hydrogen (secondary N) is 1. The van der Waals surface area contributed by atoms with E-state index in [1.807, 2.05) is 18.7 Å². The van der Waals surface area contributed by atoms with Crippen molar-refractivity contribution in [3.8, 4) is 11.5 Å². The van der Waals surface area contributed by atoms with E-state index in [0.717, 1.165) is 42.3 Å². The van der Waals surface area contributed by atoms with E-state index in [1.54, 1.807) is 12.5 Å². The zero-order valence-corrected chi connectivity index (χ0v) is 12.1. The largest absolute Gasteiger partial charge is 0.331 e. The average Bonchev–Trinajstić information content (AvgIpc) is 2.79. The molecule has 0 aromatic carbocycles. The molecule has 0 aliphatic carbocycles. The highest BCUT2D eigenvalue weighted by Crippen LogP contribution is 2.18. The van der Waals surface area contributed by atoms with Crippen molar-refractivity contribution in [2.45, 2.75) is 26.7 Å². The highest BCUT2D eigenvalue weighted by atomic mass is 15.1. The molecule has 0 saturated carbocycles. The third kappa shape index (κ3) is 2.98. The summed E-state index contributed by atoms with van der Waals surface area (Å²) in [5, 5.41) is 3.17. The summed E-state index contributed by atoms with van der Waals surface area (Å²) in [6.45, 7) is 5.13. The van der Waals surface area contributed by atoms with E-state index in [9.17, 15) is 0 Å². The average molecular weight is 259 g/mol. The highest BCUT2D eigenvalue weighted by molar-refractivity contribution is 5.49. The van der Waals surface area contributed by atoms with Crippen LogP contribution in [0, 0.1) is 13.8 Å². The smallest absolute Gasteiger partial charge is 0.178 e. The van der Waals surface area contributed by atoms with E-state index >= 15 is 0 Å². The van der Waals surface area contributed by atoms with Crippen molar-refractivity contribution in [2.75, 3.05) is 13.6 Å². The van der Waals surface area contributed by atoms with Gasteiger partial charge >= 0.3 is 0 Å². The van der Waals surface area contributed by atoms with Crippen molar-refractivity contribution in [2.24, 2.45) is 7.05 Å². The Hall–Kier alpha value is -1.75. The Morgan fingerprint density at radius 3 is 2.42 bits per heavy atom. The lowest BCUT2D eigenvalue weighted by Gasteiger charge is -2.11. The lowest BCUT2D eigenvalue weighted by atomic mass is 10.1. The summed E-state index contributed by atoms with van der Waals surface area (Å²) in [5.74, 6) is 0.757. The molecule has 0 aliphatic heterocycles. The van der Waals surface area contributed by atoms with Crippen molar-refractivity contribution in [1.29, 1.82) is 0 Å². The molecule has 0 atom stereocenters. The van der Waals surface area contributed by atoms with Crippen LogP contribution in [0.3, 0.4) is 0 Å². The molecule has 0 amide bonds. The van der Waals surface area contributed by atoms with Gasteiger partial charge in [-0.1, -0.05) is 0 Å². The summed E-state index contributed by atoms with van der Waals surface area (Å²) in [7, 11) is 3.93. The number of hydrogen-bond acceptors (Lipinski definition) is 4. The van der Waals surface area contributed by atoms with E-state index in [1.165, 1.54) is 5.56 Å². The molecule has 5 nitrogen and oxygen atoms in total. The van der Waals surface area contributed by atoms with Crippen molar-refractivity contribution < 1.29 is 0 Å². The lowest BCUT2D eigenvalue weighted by Crippen LogP contribution is -2.10. The maximum Gasteiger partial charge on any atom is 0.178 e. The second kappa shape index (κ2) is 5.93. The predicted octanol–water partition coefficient (Wildman–Crippen LogP) is 1.65. The number of rotatable bonds is 5. The van der Waals surface area contributed by atoms with Crippen LogP contribution >= 0.6 is 0 Å². The minimum absolute atomic E-state index is 0.757. The van der Waals surface area contributed by atoms with Crippen LogP contribution in [0.25, 0.3) is 11.5 Å². The van der Waals surface area contributed by atoms with Gasteiger partial charge in [-0.25, -0.2) is 15.0 Å². The van der Waals surface area contributed by atoms with Crippen LogP contribution in [0.2, 0.25) is 0 Å². The molecule has 0 bridgehead atoms. The van der Waals surface area contributed by atoms with Crippen molar-refractivity contribution in [3.63, 3.8) is 0 Å². The van der Waals surface area contributed by atoms with Gasteiger partial charge in [-0.3, -0.25) is 0 Å². The van der Waals surface area contributed by atoms with Gasteiger partial charge < -0.3 is 9.88 Å². The highest BCUT2D eigenvalue weighted by Gasteiger charge is 2.11. The molecule has 19 heavy (non-hydrogen) atoms. The molecule has 2 heterocycles. The van der Waals surface area contributed by atoms with E-state index in [-0.39, 0.29) is 0 Å². The second-order valence-corrected chi connectivity index (χ2v) is 4.79. The maximum absolute atomic E-state index is 4.62. The van der Waals surface area contributed by atoms with Gasteiger partial charge in [0, 0.05) is 18.4 Å². The van der Waals surface area contributed by atoms with Crippen LogP contribution < -0.4 is 5.32 Å². The second-order valence-electron chi connectivity index (χ2n) is 4.79. The summed E-state index contributed by atoms with van der Waals surface area (Å²) in [6, 6.07) is 0. The van der Waals surface area contributed by atoms with Gasteiger partial charge in [0.15, 0.2) is 5.82 Å². The summed E-state index contributed by atoms with van der Waals surface area (Å²) >= 11 is 0. The van der Waals surface area contributed by atoms with E-state index in [2.05, 4.69) is 34.1 Å². The third-order valence-electron chi connectivity index (χ3n) is 3.32. The van der Waals surface area contributed by atoms with Gasteiger partial charge in [0.25, 0.3) is 0 Å². The molecule has 1 N–H and O–H groups in total. The predicted molar refractivity (Wildman–Crippen MR) is 76.0 cm³/mol. The van der Waals surface area contributed by atoms with Gasteiger partial charge in [-0.05, 0) is 45.8 Å². The zero-order valence-electron chi connectivity index (χ0n) is 12.1. The van der Waals surface area contributed by atoms with Gasteiger partial charge in [0.1, 0.15) is 5.69 Å². The molecule has 0 saturated heterocycles.